The van der Waals surface area contributed by atoms with Gasteiger partial charge in [0, 0.05) is 30.7 Å². The van der Waals surface area contributed by atoms with Crippen LogP contribution >= 0.6 is 11.3 Å². The van der Waals surface area contributed by atoms with Crippen LogP contribution in [-0.2, 0) is 6.54 Å². The Morgan fingerprint density at radius 2 is 2.13 bits per heavy atom. The topological polar surface area (TPSA) is 42.2 Å². The molecule has 0 aliphatic carbocycles. The van der Waals surface area contributed by atoms with Gasteiger partial charge in [0.1, 0.15) is 0 Å². The van der Waals surface area contributed by atoms with Gasteiger partial charge < -0.3 is 10.6 Å². The van der Waals surface area contributed by atoms with Gasteiger partial charge in [-0.3, -0.25) is 0 Å². The number of nitrogens with two attached hydrogens (primary N) is 1. The first kappa shape index (κ1) is 12.5. The Morgan fingerprint density at radius 3 is 2.53 bits per heavy atom. The number of aromatic nitrogens is 1. The fourth-order valence-electron chi connectivity index (χ4n) is 1.30. The highest BCUT2D eigenvalue weighted by Gasteiger charge is 2.25. The van der Waals surface area contributed by atoms with E-state index in [1.54, 1.807) is 11.3 Å². The molecule has 4 heteroatoms. The average Bonchev–Trinajstić information content (AvgIpc) is 2.62. The molecule has 15 heavy (non-hydrogen) atoms. The minimum Gasteiger partial charge on any atom is -0.348 e. The Balaban J connectivity index is 2.80. The van der Waals surface area contributed by atoms with Crippen LogP contribution in [-0.4, -0.2) is 18.1 Å². The van der Waals surface area contributed by atoms with Crippen LogP contribution in [0.25, 0.3) is 0 Å². The molecule has 1 rings (SSSR count). The SMILES string of the molecule is CC(N(C)c1ncc(CN)s1)C(C)(C)C. The molecule has 0 amide bonds. The van der Waals surface area contributed by atoms with E-state index in [9.17, 15) is 0 Å². The second-order valence-corrected chi connectivity index (χ2v) is 6.06. The van der Waals surface area contributed by atoms with E-state index < -0.39 is 0 Å². The van der Waals surface area contributed by atoms with Crippen LogP contribution in [0.4, 0.5) is 5.13 Å². The maximum atomic E-state index is 5.58. The third-order valence-corrected chi connectivity index (χ3v) is 3.99. The second kappa shape index (κ2) is 4.49. The molecular formula is C11H21N3S. The molecule has 0 fully saturated rings. The molecule has 0 aliphatic heterocycles. The lowest BCUT2D eigenvalue weighted by molar-refractivity contribution is 0.329. The Hall–Kier alpha value is -0.610. The summed E-state index contributed by atoms with van der Waals surface area (Å²) in [5.41, 5.74) is 5.83. The van der Waals surface area contributed by atoms with Crippen molar-refractivity contribution < 1.29 is 0 Å². The molecule has 0 saturated carbocycles. The normalized spacial score (nSPS) is 14.0. The Morgan fingerprint density at radius 1 is 1.53 bits per heavy atom. The summed E-state index contributed by atoms with van der Waals surface area (Å²) < 4.78 is 0. The largest absolute Gasteiger partial charge is 0.348 e. The van der Waals surface area contributed by atoms with Gasteiger partial charge in [-0.2, -0.15) is 0 Å². The van der Waals surface area contributed by atoms with Crippen LogP contribution in [0.1, 0.15) is 32.6 Å². The van der Waals surface area contributed by atoms with Gasteiger partial charge in [-0.05, 0) is 12.3 Å². The molecule has 0 aliphatic rings. The quantitative estimate of drug-likeness (QED) is 0.862. The van der Waals surface area contributed by atoms with Crippen LogP contribution in [0.15, 0.2) is 6.20 Å². The van der Waals surface area contributed by atoms with Crippen LogP contribution < -0.4 is 10.6 Å². The molecular weight excluding hydrogens is 206 g/mol. The van der Waals surface area contributed by atoms with Gasteiger partial charge in [-0.25, -0.2) is 4.98 Å². The molecule has 0 aromatic carbocycles. The standard InChI is InChI=1S/C11H21N3S/c1-8(11(2,3)4)14(5)10-13-7-9(6-12)15-10/h7-8H,6,12H2,1-5H3. The lowest BCUT2D eigenvalue weighted by Crippen LogP contribution is -2.39. The highest BCUT2D eigenvalue weighted by molar-refractivity contribution is 7.15. The number of thiazole rings is 1. The first-order valence-corrected chi connectivity index (χ1v) is 6.05. The summed E-state index contributed by atoms with van der Waals surface area (Å²) in [6.07, 6.45) is 1.87. The number of hydrogen-bond acceptors (Lipinski definition) is 4. The molecule has 0 radical (unpaired) electrons. The van der Waals surface area contributed by atoms with Crippen molar-refractivity contribution in [2.45, 2.75) is 40.3 Å². The van der Waals surface area contributed by atoms with E-state index in [1.807, 2.05) is 6.20 Å². The maximum Gasteiger partial charge on any atom is 0.185 e. The first-order chi connectivity index (χ1) is 6.86. The number of anilines is 1. The molecule has 1 aromatic heterocycles. The molecule has 2 N–H and O–H groups in total. The second-order valence-electron chi connectivity index (χ2n) is 4.97. The minimum absolute atomic E-state index is 0.253. The zero-order chi connectivity index (χ0) is 11.6. The molecule has 1 aromatic rings. The molecule has 1 atom stereocenters. The van der Waals surface area contributed by atoms with E-state index in [1.165, 1.54) is 0 Å². The number of hydrogen-bond donors (Lipinski definition) is 1. The van der Waals surface area contributed by atoms with Gasteiger partial charge in [0.15, 0.2) is 5.13 Å². The van der Waals surface area contributed by atoms with Crippen LogP contribution in [0.3, 0.4) is 0 Å². The maximum absolute atomic E-state index is 5.58. The highest BCUT2D eigenvalue weighted by atomic mass is 32.1. The van der Waals surface area contributed by atoms with Crippen molar-refractivity contribution in [3.8, 4) is 0 Å². The lowest BCUT2D eigenvalue weighted by atomic mass is 9.87. The molecule has 0 bridgehead atoms. The summed E-state index contributed by atoms with van der Waals surface area (Å²) >= 11 is 1.68. The third kappa shape index (κ3) is 2.92. The van der Waals surface area contributed by atoms with E-state index >= 15 is 0 Å². The van der Waals surface area contributed by atoms with Crippen molar-refractivity contribution in [1.29, 1.82) is 0 Å². The van der Waals surface area contributed by atoms with E-state index in [4.69, 9.17) is 5.73 Å². The van der Waals surface area contributed by atoms with Crippen LogP contribution in [0.5, 0.6) is 0 Å². The molecule has 1 unspecified atom stereocenters. The zero-order valence-electron chi connectivity index (χ0n) is 10.2. The number of rotatable bonds is 3. The zero-order valence-corrected chi connectivity index (χ0v) is 11.1. The van der Waals surface area contributed by atoms with Crippen molar-refractivity contribution in [3.63, 3.8) is 0 Å². The van der Waals surface area contributed by atoms with Gasteiger partial charge in [-0.15, -0.1) is 11.3 Å². The molecule has 3 nitrogen and oxygen atoms in total. The molecule has 0 spiro atoms. The summed E-state index contributed by atoms with van der Waals surface area (Å²) in [6.45, 7) is 9.53. The summed E-state index contributed by atoms with van der Waals surface area (Å²) in [6, 6.07) is 0.453. The van der Waals surface area contributed by atoms with Crippen LogP contribution in [0.2, 0.25) is 0 Å². The average molecular weight is 227 g/mol. The van der Waals surface area contributed by atoms with Gasteiger partial charge in [0.25, 0.3) is 0 Å². The monoisotopic (exact) mass is 227 g/mol. The van der Waals surface area contributed by atoms with Crippen molar-refractivity contribution >= 4 is 16.5 Å². The van der Waals surface area contributed by atoms with E-state index in [0.29, 0.717) is 12.6 Å². The predicted octanol–water partition coefficient (Wildman–Crippen LogP) is 2.47. The first-order valence-electron chi connectivity index (χ1n) is 5.24. The molecule has 0 saturated heterocycles. The molecule has 1 heterocycles. The van der Waals surface area contributed by atoms with Gasteiger partial charge >= 0.3 is 0 Å². The summed E-state index contributed by atoms with van der Waals surface area (Å²) in [4.78, 5) is 7.75. The highest BCUT2D eigenvalue weighted by Crippen LogP contribution is 2.29. The van der Waals surface area contributed by atoms with E-state index in [0.717, 1.165) is 10.0 Å². The third-order valence-electron chi connectivity index (χ3n) is 2.88. The van der Waals surface area contributed by atoms with Gasteiger partial charge in [-0.1, -0.05) is 20.8 Å². The van der Waals surface area contributed by atoms with E-state index in [2.05, 4.69) is 44.6 Å². The van der Waals surface area contributed by atoms with Crippen molar-refractivity contribution in [2.24, 2.45) is 11.1 Å². The van der Waals surface area contributed by atoms with Crippen molar-refractivity contribution in [1.82, 2.24) is 4.98 Å². The molecule has 86 valence electrons. The summed E-state index contributed by atoms with van der Waals surface area (Å²) in [5.74, 6) is 0. The van der Waals surface area contributed by atoms with Crippen molar-refractivity contribution in [3.05, 3.63) is 11.1 Å². The lowest BCUT2D eigenvalue weighted by Gasteiger charge is -2.35. The Bertz CT molecular complexity index is 314. The number of nitrogens with zero attached hydrogens (tertiary/aromatic N) is 2. The summed E-state index contributed by atoms with van der Waals surface area (Å²) in [7, 11) is 2.09. The fourth-order valence-corrected chi connectivity index (χ4v) is 2.13. The van der Waals surface area contributed by atoms with Crippen molar-refractivity contribution in [2.75, 3.05) is 11.9 Å². The van der Waals surface area contributed by atoms with Gasteiger partial charge in [0.2, 0.25) is 0 Å². The summed E-state index contributed by atoms with van der Waals surface area (Å²) in [5, 5.41) is 1.05. The smallest absolute Gasteiger partial charge is 0.185 e. The fraction of sp³-hybridized carbons (Fsp3) is 0.727. The predicted molar refractivity (Wildman–Crippen MR) is 67.3 cm³/mol. The van der Waals surface area contributed by atoms with Gasteiger partial charge in [0.05, 0.1) is 0 Å². The Kier molecular flexibility index (Phi) is 3.73. The van der Waals surface area contributed by atoms with Crippen LogP contribution in [0, 0.1) is 5.41 Å². The van der Waals surface area contributed by atoms with E-state index in [-0.39, 0.29) is 5.41 Å². The minimum atomic E-state index is 0.253. The Labute approximate surface area is 96.3 Å².